The Bertz CT molecular complexity index is 227. The van der Waals surface area contributed by atoms with E-state index >= 15 is 0 Å². The summed E-state index contributed by atoms with van der Waals surface area (Å²) in [6.07, 6.45) is 0. The van der Waals surface area contributed by atoms with Crippen LogP contribution in [0, 0.1) is 5.92 Å². The van der Waals surface area contributed by atoms with Crippen molar-refractivity contribution in [1.82, 2.24) is 15.1 Å². The van der Waals surface area contributed by atoms with Crippen LogP contribution in [0.15, 0.2) is 0 Å². The number of hydrogen-bond acceptors (Lipinski definition) is 3. The molecule has 0 radical (unpaired) electrons. The third kappa shape index (κ3) is 2.19. The van der Waals surface area contributed by atoms with Crippen LogP contribution < -0.4 is 5.32 Å². The topological polar surface area (TPSA) is 18.5 Å². The Labute approximate surface area is 93.8 Å². The molecule has 1 N–H and O–H groups in total. The zero-order valence-corrected chi connectivity index (χ0v) is 10.6. The zero-order valence-electron chi connectivity index (χ0n) is 10.6. The van der Waals surface area contributed by atoms with Gasteiger partial charge in [-0.25, -0.2) is 0 Å². The lowest BCUT2D eigenvalue weighted by atomic mass is 9.96. The summed E-state index contributed by atoms with van der Waals surface area (Å²) in [7, 11) is 2.24. The molecule has 0 bridgehead atoms. The zero-order chi connectivity index (χ0) is 11.1. The molecule has 15 heavy (non-hydrogen) atoms. The van der Waals surface area contributed by atoms with Crippen LogP contribution in [0.25, 0.3) is 0 Å². The van der Waals surface area contributed by atoms with Gasteiger partial charge in [-0.2, -0.15) is 0 Å². The minimum Gasteiger partial charge on any atom is -0.315 e. The third-order valence-corrected chi connectivity index (χ3v) is 4.29. The van der Waals surface area contributed by atoms with Gasteiger partial charge in [0.1, 0.15) is 0 Å². The van der Waals surface area contributed by atoms with E-state index in [4.69, 9.17) is 0 Å². The molecule has 2 unspecified atom stereocenters. The highest BCUT2D eigenvalue weighted by atomic mass is 15.3. The van der Waals surface area contributed by atoms with Crippen LogP contribution in [0.1, 0.15) is 20.8 Å². The number of hydrogen-bond donors (Lipinski definition) is 1. The fraction of sp³-hybridized carbons (Fsp3) is 1.00. The van der Waals surface area contributed by atoms with Gasteiger partial charge in [-0.05, 0) is 33.4 Å². The number of likely N-dealkylation sites (N-methyl/N-ethyl adjacent to an activating group) is 1. The predicted octanol–water partition coefficient (Wildman–Crippen LogP) is 0.620. The van der Waals surface area contributed by atoms with Crippen molar-refractivity contribution in [3.63, 3.8) is 0 Å². The molecule has 0 aromatic heterocycles. The van der Waals surface area contributed by atoms with Gasteiger partial charge < -0.3 is 5.32 Å². The fourth-order valence-corrected chi connectivity index (χ4v) is 2.85. The molecular weight excluding hydrogens is 186 g/mol. The summed E-state index contributed by atoms with van der Waals surface area (Å²) < 4.78 is 0. The van der Waals surface area contributed by atoms with Gasteiger partial charge in [0.2, 0.25) is 0 Å². The van der Waals surface area contributed by atoms with E-state index in [1.165, 1.54) is 32.7 Å². The van der Waals surface area contributed by atoms with Gasteiger partial charge in [-0.15, -0.1) is 0 Å². The number of nitrogens with one attached hydrogen (secondary N) is 1. The Hall–Kier alpha value is -0.120. The summed E-state index contributed by atoms with van der Waals surface area (Å²) in [6.45, 7) is 13.1. The van der Waals surface area contributed by atoms with E-state index < -0.39 is 0 Å². The van der Waals surface area contributed by atoms with E-state index in [0.29, 0.717) is 5.54 Å². The lowest BCUT2D eigenvalue weighted by Crippen LogP contribution is -2.60. The van der Waals surface area contributed by atoms with E-state index in [2.05, 4.69) is 42.9 Å². The normalized spacial score (nSPS) is 38.4. The average molecular weight is 211 g/mol. The molecule has 2 saturated heterocycles. The van der Waals surface area contributed by atoms with Crippen LogP contribution in [0.3, 0.4) is 0 Å². The first kappa shape index (κ1) is 11.4. The lowest BCUT2D eigenvalue weighted by Gasteiger charge is -2.48. The van der Waals surface area contributed by atoms with Gasteiger partial charge in [-0.1, -0.05) is 6.92 Å². The fourth-order valence-electron chi connectivity index (χ4n) is 2.85. The maximum Gasteiger partial charge on any atom is 0.0277 e. The molecule has 2 aliphatic heterocycles. The molecule has 2 heterocycles. The Morgan fingerprint density at radius 2 is 1.93 bits per heavy atom. The van der Waals surface area contributed by atoms with Crippen LogP contribution in [0.5, 0.6) is 0 Å². The van der Waals surface area contributed by atoms with E-state index in [-0.39, 0.29) is 0 Å². The van der Waals surface area contributed by atoms with E-state index in [1.54, 1.807) is 0 Å². The summed E-state index contributed by atoms with van der Waals surface area (Å²) in [5.74, 6) is 0.809. The van der Waals surface area contributed by atoms with Crippen molar-refractivity contribution in [2.45, 2.75) is 32.4 Å². The Morgan fingerprint density at radius 1 is 1.20 bits per heavy atom. The maximum atomic E-state index is 3.50. The molecule has 2 fully saturated rings. The first-order valence-electron chi connectivity index (χ1n) is 6.17. The summed E-state index contributed by atoms with van der Waals surface area (Å²) >= 11 is 0. The first-order valence-corrected chi connectivity index (χ1v) is 6.17. The number of nitrogens with zero attached hydrogens (tertiary/aromatic N) is 2. The first-order chi connectivity index (χ1) is 7.00. The summed E-state index contributed by atoms with van der Waals surface area (Å²) in [5, 5.41) is 3.50. The number of piperazine rings is 1. The summed E-state index contributed by atoms with van der Waals surface area (Å²) in [5.41, 5.74) is 0.334. The van der Waals surface area contributed by atoms with Crippen molar-refractivity contribution in [2.24, 2.45) is 5.92 Å². The highest BCUT2D eigenvalue weighted by Gasteiger charge is 2.37. The molecule has 88 valence electrons. The molecule has 0 spiro atoms. The molecule has 0 aromatic carbocycles. The molecule has 2 atom stereocenters. The van der Waals surface area contributed by atoms with Gasteiger partial charge in [0.05, 0.1) is 0 Å². The minimum atomic E-state index is 0.334. The largest absolute Gasteiger partial charge is 0.315 e. The smallest absolute Gasteiger partial charge is 0.0277 e. The Kier molecular flexibility index (Phi) is 3.06. The van der Waals surface area contributed by atoms with Gasteiger partial charge in [0.25, 0.3) is 0 Å². The Balaban J connectivity index is 2.00. The SMILES string of the molecule is CC1CNCC1N1CCN(C)C(C)(C)C1. The lowest BCUT2D eigenvalue weighted by molar-refractivity contribution is 0.0130. The second-order valence-electron chi connectivity index (χ2n) is 5.91. The molecule has 0 amide bonds. The van der Waals surface area contributed by atoms with Crippen LogP contribution in [0.4, 0.5) is 0 Å². The molecular formula is C12H25N3. The minimum absolute atomic E-state index is 0.334. The van der Waals surface area contributed by atoms with Gasteiger partial charge in [0, 0.05) is 37.8 Å². The van der Waals surface area contributed by atoms with Gasteiger partial charge >= 0.3 is 0 Å². The molecule has 2 rings (SSSR count). The molecule has 3 heteroatoms. The summed E-state index contributed by atoms with van der Waals surface area (Å²) in [4.78, 5) is 5.17. The third-order valence-electron chi connectivity index (χ3n) is 4.29. The van der Waals surface area contributed by atoms with Crippen molar-refractivity contribution in [2.75, 3.05) is 39.8 Å². The van der Waals surface area contributed by atoms with Gasteiger partial charge in [0.15, 0.2) is 0 Å². The van der Waals surface area contributed by atoms with Crippen LogP contribution in [-0.2, 0) is 0 Å². The quantitative estimate of drug-likeness (QED) is 0.686. The van der Waals surface area contributed by atoms with E-state index in [0.717, 1.165) is 12.0 Å². The van der Waals surface area contributed by atoms with Crippen LogP contribution >= 0.6 is 0 Å². The van der Waals surface area contributed by atoms with E-state index in [1.807, 2.05) is 0 Å². The van der Waals surface area contributed by atoms with E-state index in [9.17, 15) is 0 Å². The molecule has 0 aromatic rings. The Morgan fingerprint density at radius 3 is 2.47 bits per heavy atom. The number of rotatable bonds is 1. The van der Waals surface area contributed by atoms with Gasteiger partial charge in [-0.3, -0.25) is 9.80 Å². The second-order valence-corrected chi connectivity index (χ2v) is 5.91. The highest BCUT2D eigenvalue weighted by Crippen LogP contribution is 2.24. The molecule has 0 saturated carbocycles. The predicted molar refractivity (Wildman–Crippen MR) is 64.1 cm³/mol. The molecule has 2 aliphatic rings. The highest BCUT2D eigenvalue weighted by molar-refractivity contribution is 4.94. The van der Waals surface area contributed by atoms with Crippen molar-refractivity contribution >= 4 is 0 Å². The van der Waals surface area contributed by atoms with Crippen molar-refractivity contribution in [1.29, 1.82) is 0 Å². The average Bonchev–Trinajstić information content (AvgIpc) is 2.56. The maximum absolute atomic E-state index is 3.50. The van der Waals surface area contributed by atoms with Crippen LogP contribution in [0.2, 0.25) is 0 Å². The van der Waals surface area contributed by atoms with Crippen molar-refractivity contribution in [3.05, 3.63) is 0 Å². The standard InChI is InChI=1S/C12H25N3/c1-10-7-13-8-11(10)15-6-5-14(4)12(2,3)9-15/h10-11,13H,5-9H2,1-4H3. The summed E-state index contributed by atoms with van der Waals surface area (Å²) in [6, 6.07) is 0.762. The van der Waals surface area contributed by atoms with Crippen molar-refractivity contribution in [3.8, 4) is 0 Å². The monoisotopic (exact) mass is 211 g/mol. The molecule has 0 aliphatic carbocycles. The second kappa shape index (κ2) is 4.04. The molecule has 3 nitrogen and oxygen atoms in total. The van der Waals surface area contributed by atoms with Crippen molar-refractivity contribution < 1.29 is 0 Å². The van der Waals surface area contributed by atoms with Crippen LogP contribution in [-0.4, -0.2) is 61.2 Å².